The molecule has 0 aromatic carbocycles. The molecule has 0 bridgehead atoms. The summed E-state index contributed by atoms with van der Waals surface area (Å²) >= 11 is 3.60. The molecule has 4 heterocycles. The molecule has 160 valence electrons. The van der Waals surface area contributed by atoms with E-state index >= 15 is 0 Å². The van der Waals surface area contributed by atoms with E-state index in [-0.39, 0.29) is 6.61 Å². The zero-order chi connectivity index (χ0) is 20.5. The van der Waals surface area contributed by atoms with E-state index in [1.807, 2.05) is 11.3 Å². The highest BCUT2D eigenvalue weighted by Crippen LogP contribution is 2.41. The van der Waals surface area contributed by atoms with Crippen molar-refractivity contribution in [3.05, 3.63) is 27.3 Å². The number of fused-ring (bicyclic) bond motifs is 3. The Bertz CT molecular complexity index is 992. The van der Waals surface area contributed by atoms with Crippen LogP contribution in [0, 0.1) is 0 Å². The molecular weight excluding hydrogens is 412 g/mol. The monoisotopic (exact) mass is 442 g/mol. The molecular formula is C23H30N4OS2. The Kier molecular flexibility index (Phi) is 6.05. The summed E-state index contributed by atoms with van der Waals surface area (Å²) < 4.78 is 0. The van der Waals surface area contributed by atoms with E-state index in [1.54, 1.807) is 11.3 Å². The maximum absolute atomic E-state index is 9.14. The minimum absolute atomic E-state index is 0.275. The highest BCUT2D eigenvalue weighted by molar-refractivity contribution is 7.19. The van der Waals surface area contributed by atoms with Gasteiger partial charge in [0.25, 0.3) is 0 Å². The second kappa shape index (κ2) is 8.91. The molecule has 3 aromatic rings. The molecule has 1 fully saturated rings. The van der Waals surface area contributed by atoms with Crippen molar-refractivity contribution in [2.75, 3.05) is 38.2 Å². The molecule has 1 aliphatic heterocycles. The molecule has 5 rings (SSSR count). The molecule has 0 amide bonds. The van der Waals surface area contributed by atoms with Gasteiger partial charge in [0.1, 0.15) is 10.6 Å². The van der Waals surface area contributed by atoms with Gasteiger partial charge in [0.15, 0.2) is 5.82 Å². The molecule has 3 aromatic heterocycles. The Hall–Kier alpha value is -1.54. The van der Waals surface area contributed by atoms with Crippen molar-refractivity contribution in [3.63, 3.8) is 0 Å². The first-order valence-corrected chi connectivity index (χ1v) is 12.9. The predicted molar refractivity (Wildman–Crippen MR) is 127 cm³/mol. The Balaban J connectivity index is 1.48. The number of hydrogen-bond acceptors (Lipinski definition) is 7. The Morgan fingerprint density at radius 1 is 1.20 bits per heavy atom. The fourth-order valence-electron chi connectivity index (χ4n) is 4.91. The number of aliphatic hydroxyl groups is 1. The predicted octanol–water partition coefficient (Wildman–Crippen LogP) is 4.58. The van der Waals surface area contributed by atoms with E-state index in [0.29, 0.717) is 6.04 Å². The second-order valence-corrected chi connectivity index (χ2v) is 10.4. The van der Waals surface area contributed by atoms with Crippen LogP contribution < -0.4 is 4.90 Å². The van der Waals surface area contributed by atoms with Crippen molar-refractivity contribution in [2.45, 2.75) is 51.0 Å². The van der Waals surface area contributed by atoms with Gasteiger partial charge in [-0.05, 0) is 69.0 Å². The quantitative estimate of drug-likeness (QED) is 0.605. The maximum Gasteiger partial charge on any atom is 0.163 e. The van der Waals surface area contributed by atoms with Crippen molar-refractivity contribution in [3.8, 4) is 11.4 Å². The lowest BCUT2D eigenvalue weighted by Gasteiger charge is -2.37. The van der Waals surface area contributed by atoms with Crippen LogP contribution in [0.25, 0.3) is 21.6 Å². The molecule has 2 aliphatic rings. The van der Waals surface area contributed by atoms with Gasteiger partial charge in [0.2, 0.25) is 0 Å². The number of thiophene rings is 2. The van der Waals surface area contributed by atoms with Gasteiger partial charge in [0, 0.05) is 48.1 Å². The SMILES string of the molecule is CN(CCCO)C1CCN(c2nc(-c3ccsc3)nc3sc4c(c23)CCCC4)CC1. The smallest absolute Gasteiger partial charge is 0.163 e. The van der Waals surface area contributed by atoms with Crippen LogP contribution in [-0.4, -0.2) is 59.3 Å². The fourth-order valence-corrected chi connectivity index (χ4v) is 6.80. The number of rotatable bonds is 6. The first-order chi connectivity index (χ1) is 14.7. The number of hydrogen-bond donors (Lipinski definition) is 1. The molecule has 1 aliphatic carbocycles. The Labute approximate surface area is 186 Å². The first kappa shape index (κ1) is 20.4. The largest absolute Gasteiger partial charge is 0.396 e. The normalized spacial score (nSPS) is 17.8. The molecule has 0 radical (unpaired) electrons. The fraction of sp³-hybridized carbons (Fsp3) is 0.565. The molecule has 0 atom stereocenters. The van der Waals surface area contributed by atoms with Crippen LogP contribution in [0.2, 0.25) is 0 Å². The van der Waals surface area contributed by atoms with E-state index in [2.05, 4.69) is 33.7 Å². The summed E-state index contributed by atoms with van der Waals surface area (Å²) in [6.07, 6.45) is 8.09. The summed E-state index contributed by atoms with van der Waals surface area (Å²) in [4.78, 5) is 17.8. The summed E-state index contributed by atoms with van der Waals surface area (Å²) in [7, 11) is 2.20. The highest BCUT2D eigenvalue weighted by atomic mass is 32.1. The molecule has 1 N–H and O–H groups in total. The second-order valence-electron chi connectivity index (χ2n) is 8.55. The number of piperidine rings is 1. The van der Waals surface area contributed by atoms with Crippen LogP contribution in [-0.2, 0) is 12.8 Å². The number of anilines is 1. The average Bonchev–Trinajstić information content (AvgIpc) is 3.45. The topological polar surface area (TPSA) is 52.5 Å². The van der Waals surface area contributed by atoms with E-state index < -0.39 is 0 Å². The van der Waals surface area contributed by atoms with Crippen LogP contribution in [0.5, 0.6) is 0 Å². The van der Waals surface area contributed by atoms with Crippen molar-refractivity contribution < 1.29 is 5.11 Å². The number of aryl methyl sites for hydroxylation is 2. The standard InChI is InChI=1S/C23H30N4OS2/c1-26(10-4-13-28)17-7-11-27(12-8-17)22-20-18-5-2-3-6-19(18)30-23(20)25-21(24-22)16-9-14-29-15-16/h9,14-15,17,28H,2-8,10-13H2,1H3. The van der Waals surface area contributed by atoms with Crippen LogP contribution in [0.1, 0.15) is 42.5 Å². The van der Waals surface area contributed by atoms with Gasteiger partial charge in [-0.15, -0.1) is 11.3 Å². The number of aliphatic hydroxyl groups excluding tert-OH is 1. The van der Waals surface area contributed by atoms with Crippen molar-refractivity contribution in [2.24, 2.45) is 0 Å². The van der Waals surface area contributed by atoms with Gasteiger partial charge >= 0.3 is 0 Å². The van der Waals surface area contributed by atoms with Gasteiger partial charge in [0.05, 0.1) is 5.39 Å². The van der Waals surface area contributed by atoms with Crippen LogP contribution in [0.15, 0.2) is 16.8 Å². The summed E-state index contributed by atoms with van der Waals surface area (Å²) in [6, 6.07) is 2.73. The van der Waals surface area contributed by atoms with Gasteiger partial charge in [-0.2, -0.15) is 11.3 Å². The maximum atomic E-state index is 9.14. The molecule has 0 spiro atoms. The highest BCUT2D eigenvalue weighted by Gasteiger charge is 2.28. The molecule has 7 heteroatoms. The average molecular weight is 443 g/mol. The van der Waals surface area contributed by atoms with Gasteiger partial charge in [-0.25, -0.2) is 9.97 Å². The van der Waals surface area contributed by atoms with Crippen molar-refractivity contribution >= 4 is 38.7 Å². The molecule has 0 unspecified atom stereocenters. The number of aromatic nitrogens is 2. The van der Waals surface area contributed by atoms with Gasteiger partial charge in [-0.1, -0.05) is 0 Å². The van der Waals surface area contributed by atoms with Gasteiger partial charge < -0.3 is 14.9 Å². The lowest BCUT2D eigenvalue weighted by Crippen LogP contribution is -2.44. The minimum Gasteiger partial charge on any atom is -0.396 e. The Morgan fingerprint density at radius 3 is 2.80 bits per heavy atom. The van der Waals surface area contributed by atoms with E-state index in [9.17, 15) is 0 Å². The summed E-state index contributed by atoms with van der Waals surface area (Å²) in [5.74, 6) is 2.04. The molecule has 1 saturated heterocycles. The van der Waals surface area contributed by atoms with Crippen molar-refractivity contribution in [1.29, 1.82) is 0 Å². The third-order valence-electron chi connectivity index (χ3n) is 6.63. The lowest BCUT2D eigenvalue weighted by molar-refractivity contribution is 0.184. The lowest BCUT2D eigenvalue weighted by atomic mass is 9.96. The van der Waals surface area contributed by atoms with E-state index in [0.717, 1.165) is 56.1 Å². The molecule has 5 nitrogen and oxygen atoms in total. The number of nitrogens with zero attached hydrogens (tertiary/aromatic N) is 4. The van der Waals surface area contributed by atoms with Crippen molar-refractivity contribution in [1.82, 2.24) is 14.9 Å². The van der Waals surface area contributed by atoms with Crippen LogP contribution in [0.3, 0.4) is 0 Å². The molecule has 0 saturated carbocycles. The molecule has 30 heavy (non-hydrogen) atoms. The summed E-state index contributed by atoms with van der Waals surface area (Å²) in [5.41, 5.74) is 2.66. The zero-order valence-electron chi connectivity index (χ0n) is 17.6. The summed E-state index contributed by atoms with van der Waals surface area (Å²) in [5, 5.41) is 14.7. The third-order valence-corrected chi connectivity index (χ3v) is 8.50. The van der Waals surface area contributed by atoms with Crippen LogP contribution in [0.4, 0.5) is 5.82 Å². The third kappa shape index (κ3) is 3.88. The van der Waals surface area contributed by atoms with E-state index in [4.69, 9.17) is 15.1 Å². The summed E-state index contributed by atoms with van der Waals surface area (Å²) in [6.45, 7) is 3.32. The zero-order valence-corrected chi connectivity index (χ0v) is 19.3. The first-order valence-electron chi connectivity index (χ1n) is 11.2. The Morgan fingerprint density at radius 2 is 2.03 bits per heavy atom. The van der Waals surface area contributed by atoms with Crippen LogP contribution >= 0.6 is 22.7 Å². The van der Waals surface area contributed by atoms with E-state index in [1.165, 1.54) is 46.3 Å². The van der Waals surface area contributed by atoms with Gasteiger partial charge in [-0.3, -0.25) is 0 Å². The minimum atomic E-state index is 0.275.